The summed E-state index contributed by atoms with van der Waals surface area (Å²) in [5.74, 6) is -2.80. The SMILES string of the molecule is CCC(O)C(=O)[O-].CCC(O)C(=O)[O-].[Ca+2]. The largest absolute Gasteiger partial charge is 2.00 e. The summed E-state index contributed by atoms with van der Waals surface area (Å²) in [4.78, 5) is 19.1. The Kier molecular flexibility index (Phi) is 16.7. The molecule has 2 unspecified atom stereocenters. The van der Waals surface area contributed by atoms with Crippen LogP contribution < -0.4 is 10.2 Å². The molecule has 2 atom stereocenters. The Morgan fingerprint density at radius 1 is 1.00 bits per heavy atom. The van der Waals surface area contributed by atoms with Crippen molar-refractivity contribution in [3.63, 3.8) is 0 Å². The minimum absolute atomic E-state index is 0. The summed E-state index contributed by atoms with van der Waals surface area (Å²) in [5.41, 5.74) is 0. The molecule has 0 saturated carbocycles. The van der Waals surface area contributed by atoms with Crippen molar-refractivity contribution in [1.29, 1.82) is 0 Å². The Morgan fingerprint density at radius 2 is 1.20 bits per heavy atom. The van der Waals surface area contributed by atoms with Crippen molar-refractivity contribution in [2.24, 2.45) is 0 Å². The first-order valence-corrected chi connectivity index (χ1v) is 4.14. The van der Waals surface area contributed by atoms with Crippen LogP contribution in [-0.4, -0.2) is 72.1 Å². The summed E-state index contributed by atoms with van der Waals surface area (Å²) in [6.07, 6.45) is -2.16. The zero-order valence-electron chi connectivity index (χ0n) is 8.80. The summed E-state index contributed by atoms with van der Waals surface area (Å²) >= 11 is 0. The summed E-state index contributed by atoms with van der Waals surface area (Å²) < 4.78 is 0. The molecule has 0 spiro atoms. The number of carbonyl (C=O) groups is 2. The van der Waals surface area contributed by atoms with Crippen LogP contribution in [0.2, 0.25) is 0 Å². The van der Waals surface area contributed by atoms with E-state index in [1.54, 1.807) is 13.8 Å². The molecule has 7 heteroatoms. The van der Waals surface area contributed by atoms with Crippen LogP contribution in [0, 0.1) is 0 Å². The van der Waals surface area contributed by atoms with Crippen LogP contribution in [0.4, 0.5) is 0 Å². The first kappa shape index (κ1) is 20.5. The number of rotatable bonds is 4. The molecule has 15 heavy (non-hydrogen) atoms. The van der Waals surface area contributed by atoms with Crippen molar-refractivity contribution >= 4 is 49.7 Å². The van der Waals surface area contributed by atoms with Crippen LogP contribution >= 0.6 is 0 Å². The van der Waals surface area contributed by atoms with Gasteiger partial charge in [-0.1, -0.05) is 13.8 Å². The van der Waals surface area contributed by atoms with E-state index in [0.29, 0.717) is 0 Å². The number of aliphatic carboxylic acids is 2. The Hall–Kier alpha value is 0.120. The predicted octanol–water partition coefficient (Wildman–Crippen LogP) is -3.37. The van der Waals surface area contributed by atoms with Crippen molar-refractivity contribution in [3.8, 4) is 0 Å². The standard InChI is InChI=1S/2C4H8O3.Ca/c2*1-2-3(5)4(6)7;/h2*3,5H,2H2,1H3,(H,6,7);/q;;+2/p-2. The Labute approximate surface area is 118 Å². The molecule has 0 rings (SSSR count). The molecule has 0 aliphatic heterocycles. The third-order valence-corrected chi connectivity index (χ3v) is 1.32. The molecule has 0 fully saturated rings. The van der Waals surface area contributed by atoms with Gasteiger partial charge in [-0.25, -0.2) is 0 Å². The van der Waals surface area contributed by atoms with Crippen molar-refractivity contribution in [1.82, 2.24) is 0 Å². The second-order valence-corrected chi connectivity index (χ2v) is 2.49. The number of hydrogen-bond donors (Lipinski definition) is 2. The fraction of sp³-hybridized carbons (Fsp3) is 0.750. The molecule has 84 valence electrons. The number of hydrogen-bond acceptors (Lipinski definition) is 6. The third kappa shape index (κ3) is 14.1. The van der Waals surface area contributed by atoms with E-state index < -0.39 is 24.1 Å². The number of aliphatic hydroxyl groups is 2. The van der Waals surface area contributed by atoms with Gasteiger partial charge in [0.1, 0.15) is 0 Å². The molecular formula is C8H14CaO6. The van der Waals surface area contributed by atoms with Gasteiger partial charge in [0.05, 0.1) is 24.1 Å². The van der Waals surface area contributed by atoms with Crippen LogP contribution in [0.1, 0.15) is 26.7 Å². The summed E-state index contributed by atoms with van der Waals surface area (Å²) in [7, 11) is 0. The second kappa shape index (κ2) is 12.2. The molecule has 0 aromatic carbocycles. The first-order chi connectivity index (χ1) is 6.36. The zero-order valence-corrected chi connectivity index (χ0v) is 11.0. The van der Waals surface area contributed by atoms with Crippen LogP contribution in [0.15, 0.2) is 0 Å². The number of aliphatic hydroxyl groups excluding tert-OH is 2. The average molecular weight is 246 g/mol. The Morgan fingerprint density at radius 3 is 1.20 bits per heavy atom. The summed E-state index contributed by atoms with van der Waals surface area (Å²) in [6, 6.07) is 0. The van der Waals surface area contributed by atoms with Gasteiger partial charge in [-0.2, -0.15) is 0 Å². The first-order valence-electron chi connectivity index (χ1n) is 4.14. The van der Waals surface area contributed by atoms with Gasteiger partial charge in [-0.15, -0.1) is 0 Å². The summed E-state index contributed by atoms with van der Waals surface area (Å²) in [5, 5.41) is 35.7. The van der Waals surface area contributed by atoms with Gasteiger partial charge < -0.3 is 30.0 Å². The van der Waals surface area contributed by atoms with Gasteiger partial charge >= 0.3 is 37.7 Å². The minimum Gasteiger partial charge on any atom is -0.547 e. The molecular weight excluding hydrogens is 232 g/mol. The molecule has 0 bridgehead atoms. The summed E-state index contributed by atoms with van der Waals surface area (Å²) in [6.45, 7) is 3.14. The van der Waals surface area contributed by atoms with Gasteiger partial charge in [0.2, 0.25) is 0 Å². The van der Waals surface area contributed by atoms with E-state index in [1.807, 2.05) is 0 Å². The number of carboxylic acids is 2. The van der Waals surface area contributed by atoms with Crippen LogP contribution in [0.3, 0.4) is 0 Å². The van der Waals surface area contributed by atoms with E-state index in [2.05, 4.69) is 0 Å². The van der Waals surface area contributed by atoms with Gasteiger partial charge in [-0.05, 0) is 12.8 Å². The average Bonchev–Trinajstić information content (AvgIpc) is 2.15. The van der Waals surface area contributed by atoms with E-state index in [1.165, 1.54) is 0 Å². The number of carbonyl (C=O) groups excluding carboxylic acids is 2. The van der Waals surface area contributed by atoms with E-state index in [4.69, 9.17) is 10.2 Å². The second-order valence-electron chi connectivity index (χ2n) is 2.49. The van der Waals surface area contributed by atoms with Crippen LogP contribution in [0.25, 0.3) is 0 Å². The van der Waals surface area contributed by atoms with Crippen molar-refractivity contribution < 1.29 is 30.0 Å². The molecule has 0 amide bonds. The maximum Gasteiger partial charge on any atom is 2.00 e. The van der Waals surface area contributed by atoms with E-state index in [0.717, 1.165) is 0 Å². The smallest absolute Gasteiger partial charge is 0.547 e. The van der Waals surface area contributed by atoms with E-state index >= 15 is 0 Å². The van der Waals surface area contributed by atoms with E-state index in [-0.39, 0.29) is 50.6 Å². The topological polar surface area (TPSA) is 121 Å². The molecule has 0 heterocycles. The molecule has 0 aromatic rings. The maximum absolute atomic E-state index is 9.57. The monoisotopic (exact) mass is 246 g/mol. The Balaban J connectivity index is -0.000000180. The van der Waals surface area contributed by atoms with Gasteiger partial charge in [0.25, 0.3) is 0 Å². The molecule has 0 aliphatic carbocycles. The van der Waals surface area contributed by atoms with Gasteiger partial charge in [-0.3, -0.25) is 0 Å². The van der Waals surface area contributed by atoms with Crippen molar-refractivity contribution in [3.05, 3.63) is 0 Å². The Bertz CT molecular complexity index is 164. The van der Waals surface area contributed by atoms with Crippen molar-refractivity contribution in [2.75, 3.05) is 0 Å². The maximum atomic E-state index is 9.57. The van der Waals surface area contributed by atoms with Crippen LogP contribution in [0.5, 0.6) is 0 Å². The van der Waals surface area contributed by atoms with E-state index in [9.17, 15) is 19.8 Å². The molecule has 2 N–H and O–H groups in total. The molecule has 0 saturated heterocycles. The van der Waals surface area contributed by atoms with Gasteiger partial charge in [0, 0.05) is 0 Å². The number of carboxylic acid groups (broad SMARTS) is 2. The van der Waals surface area contributed by atoms with Gasteiger partial charge in [0.15, 0.2) is 0 Å². The molecule has 0 aromatic heterocycles. The fourth-order valence-corrected chi connectivity index (χ4v) is 0.333. The molecule has 0 aliphatic rings. The normalized spacial score (nSPS) is 12.5. The zero-order chi connectivity index (χ0) is 11.7. The third-order valence-electron chi connectivity index (χ3n) is 1.32. The van der Waals surface area contributed by atoms with Crippen LogP contribution in [-0.2, 0) is 9.59 Å². The quantitative estimate of drug-likeness (QED) is 0.500. The molecule has 6 nitrogen and oxygen atoms in total. The van der Waals surface area contributed by atoms with Crippen molar-refractivity contribution in [2.45, 2.75) is 38.9 Å². The minimum atomic E-state index is -1.40. The fourth-order valence-electron chi connectivity index (χ4n) is 0.333. The predicted molar refractivity (Wildman–Crippen MR) is 48.4 cm³/mol. The molecule has 0 radical (unpaired) electrons.